The van der Waals surface area contributed by atoms with Gasteiger partial charge in [-0.1, -0.05) is 30.3 Å². The summed E-state index contributed by atoms with van der Waals surface area (Å²) in [7, 11) is 4.88. The Balaban J connectivity index is 0.00000242. The Bertz CT molecular complexity index is 1500. The Morgan fingerprint density at radius 2 is 1.52 bits per heavy atom. The molecule has 0 saturated carbocycles. The molecule has 1 aliphatic heterocycles. The quantitative estimate of drug-likeness (QED) is 0.281. The van der Waals surface area contributed by atoms with E-state index >= 15 is 0 Å². The standard InChI is InChI=1S/C32H36FN3O4.ClH.H2O/c1-38-29-20-23(21-30(39-2)31(29)40-3)7-6-16-35-17-14-25(15-18-35)36-32(37)27-9-5-4-8-26(27)28(34-36)19-22-10-12-24(33)13-11-22;;/h4-5,8-13,20-21,25H,6-7,14-19H2,1-3H3;1H;1H2. The molecule has 0 aliphatic carbocycles. The summed E-state index contributed by atoms with van der Waals surface area (Å²) in [6.07, 6.45) is 4.31. The van der Waals surface area contributed by atoms with E-state index in [4.69, 9.17) is 19.3 Å². The van der Waals surface area contributed by atoms with Crippen LogP contribution in [0.5, 0.6) is 17.2 Å². The largest absolute Gasteiger partial charge is 1.00 e. The molecule has 1 aromatic heterocycles. The summed E-state index contributed by atoms with van der Waals surface area (Å²) >= 11 is 0. The summed E-state index contributed by atoms with van der Waals surface area (Å²) in [5.74, 6) is 1.71. The number of likely N-dealkylation sites (tertiary alicyclic amines) is 1. The van der Waals surface area contributed by atoms with Crippen LogP contribution >= 0.6 is 0 Å². The summed E-state index contributed by atoms with van der Waals surface area (Å²) in [6, 6.07) is 18.3. The molecular formula is C32H39ClFN3O5. The number of ether oxygens (including phenoxy) is 3. The van der Waals surface area contributed by atoms with Gasteiger partial charge in [-0.05, 0) is 47.9 Å². The molecule has 226 valence electrons. The molecule has 1 saturated heterocycles. The van der Waals surface area contributed by atoms with Crippen molar-refractivity contribution in [2.24, 2.45) is 0 Å². The van der Waals surface area contributed by atoms with Crippen LogP contribution in [0.3, 0.4) is 0 Å². The molecule has 5 rings (SSSR count). The number of rotatable bonds is 10. The number of methoxy groups -OCH3 is 3. The number of fused-ring (bicyclic) bond motifs is 1. The van der Waals surface area contributed by atoms with Gasteiger partial charge in [-0.25, -0.2) is 9.07 Å². The van der Waals surface area contributed by atoms with Gasteiger partial charge in [-0.3, -0.25) is 4.79 Å². The fraction of sp³-hybridized carbons (Fsp3) is 0.375. The zero-order chi connectivity index (χ0) is 28.1. The molecule has 4 aromatic rings. The van der Waals surface area contributed by atoms with Crippen LogP contribution in [0, 0.1) is 5.82 Å². The average Bonchev–Trinajstić information content (AvgIpc) is 2.99. The molecule has 1 aliphatic rings. The van der Waals surface area contributed by atoms with Crippen LogP contribution in [0.2, 0.25) is 0 Å². The third kappa shape index (κ3) is 7.21. The van der Waals surface area contributed by atoms with Crippen LogP contribution in [0.25, 0.3) is 10.8 Å². The molecule has 1 fully saturated rings. The van der Waals surface area contributed by atoms with Crippen molar-refractivity contribution in [2.75, 3.05) is 41.0 Å². The topological polar surface area (TPSA) is 98.5 Å². The summed E-state index contributed by atoms with van der Waals surface area (Å²) in [6.45, 7) is 3.04. The highest BCUT2D eigenvalue weighted by Gasteiger charge is 2.26. The smallest absolute Gasteiger partial charge is 0.274 e. The van der Waals surface area contributed by atoms with Gasteiger partial charge in [0.2, 0.25) is 5.75 Å². The second-order valence-corrected chi connectivity index (χ2v) is 10.4. The zero-order valence-corrected chi connectivity index (χ0v) is 25.0. The Labute approximate surface area is 251 Å². The van der Waals surface area contributed by atoms with E-state index in [0.717, 1.165) is 67.5 Å². The molecule has 0 atom stereocenters. The number of halogens is 2. The highest BCUT2D eigenvalue weighted by molar-refractivity contribution is 5.83. The van der Waals surface area contributed by atoms with E-state index in [1.807, 2.05) is 36.4 Å². The van der Waals surface area contributed by atoms with E-state index in [0.29, 0.717) is 29.1 Å². The van der Waals surface area contributed by atoms with Crippen LogP contribution in [0.1, 0.15) is 42.1 Å². The molecule has 0 spiro atoms. The predicted molar refractivity (Wildman–Crippen MR) is 157 cm³/mol. The molecular weight excluding hydrogens is 561 g/mol. The first-order valence-electron chi connectivity index (χ1n) is 13.9. The molecule has 0 unspecified atom stereocenters. The zero-order valence-electron chi connectivity index (χ0n) is 24.3. The number of aryl methyl sites for hydroxylation is 1. The van der Waals surface area contributed by atoms with Crippen molar-refractivity contribution in [3.05, 3.63) is 93.7 Å². The minimum atomic E-state index is -0.260. The Kier molecular flexibility index (Phi) is 11.7. The lowest BCUT2D eigenvalue weighted by Gasteiger charge is -2.30. The highest BCUT2D eigenvalue weighted by Crippen LogP contribution is 2.38. The Morgan fingerprint density at radius 3 is 2.12 bits per heavy atom. The number of piperidine rings is 1. The lowest BCUT2D eigenvalue weighted by molar-refractivity contribution is -0.906. The van der Waals surface area contributed by atoms with Gasteiger partial charge in [-0.15, -0.1) is 0 Å². The second-order valence-electron chi connectivity index (χ2n) is 10.4. The maximum atomic E-state index is 13.5. The summed E-state index contributed by atoms with van der Waals surface area (Å²) < 4.78 is 31.6. The molecule has 0 amide bonds. The first-order chi connectivity index (χ1) is 19.5. The van der Waals surface area contributed by atoms with Gasteiger partial charge < -0.3 is 37.0 Å². The SMILES string of the molecule is COc1cc(CCC[NH+]2CCC(n3nc(Cc4ccc(F)cc4)c4ccccc4c3=O)CC2)cc(OC)c1OC.O.[Cl-]. The maximum Gasteiger partial charge on any atom is 0.274 e. The van der Waals surface area contributed by atoms with Crippen LogP contribution in [0.4, 0.5) is 4.39 Å². The van der Waals surface area contributed by atoms with Gasteiger partial charge in [0.05, 0.1) is 58.1 Å². The number of quaternary nitrogens is 1. The van der Waals surface area contributed by atoms with Crippen molar-refractivity contribution in [1.29, 1.82) is 0 Å². The van der Waals surface area contributed by atoms with E-state index in [1.165, 1.54) is 12.1 Å². The molecule has 0 radical (unpaired) electrons. The van der Waals surface area contributed by atoms with Gasteiger partial charge in [0.15, 0.2) is 11.5 Å². The normalized spacial score (nSPS) is 16.3. The summed E-state index contributed by atoms with van der Waals surface area (Å²) in [4.78, 5) is 15.0. The molecule has 42 heavy (non-hydrogen) atoms. The average molecular weight is 600 g/mol. The molecule has 10 heteroatoms. The predicted octanol–water partition coefficient (Wildman–Crippen LogP) is 0.184. The molecule has 2 heterocycles. The van der Waals surface area contributed by atoms with E-state index in [1.54, 1.807) is 43.0 Å². The van der Waals surface area contributed by atoms with Crippen LogP contribution < -0.4 is 37.1 Å². The highest BCUT2D eigenvalue weighted by atomic mass is 35.5. The van der Waals surface area contributed by atoms with Gasteiger partial charge in [0.25, 0.3) is 5.56 Å². The summed E-state index contributed by atoms with van der Waals surface area (Å²) in [5, 5.41) is 6.44. The van der Waals surface area contributed by atoms with E-state index in [9.17, 15) is 9.18 Å². The van der Waals surface area contributed by atoms with Crippen molar-refractivity contribution in [1.82, 2.24) is 9.78 Å². The van der Waals surface area contributed by atoms with Crippen LogP contribution in [0.15, 0.2) is 65.5 Å². The first kappa shape index (κ1) is 32.8. The minimum absolute atomic E-state index is 0. The number of hydrogen-bond donors (Lipinski definition) is 1. The monoisotopic (exact) mass is 599 g/mol. The fourth-order valence-corrected chi connectivity index (χ4v) is 5.78. The Hall–Kier alpha value is -3.66. The third-order valence-electron chi connectivity index (χ3n) is 7.92. The van der Waals surface area contributed by atoms with E-state index in [-0.39, 0.29) is 35.3 Å². The molecule has 8 nitrogen and oxygen atoms in total. The van der Waals surface area contributed by atoms with Crippen molar-refractivity contribution in [2.45, 2.75) is 38.1 Å². The van der Waals surface area contributed by atoms with E-state index in [2.05, 4.69) is 0 Å². The van der Waals surface area contributed by atoms with Crippen LogP contribution in [-0.4, -0.2) is 56.2 Å². The van der Waals surface area contributed by atoms with Crippen LogP contribution in [-0.2, 0) is 12.8 Å². The van der Waals surface area contributed by atoms with Crippen molar-refractivity contribution in [3.63, 3.8) is 0 Å². The lowest BCUT2D eigenvalue weighted by Crippen LogP contribution is -3.13. The number of nitrogens with zero attached hydrogens (tertiary/aromatic N) is 2. The van der Waals surface area contributed by atoms with Crippen molar-refractivity contribution < 1.29 is 41.4 Å². The van der Waals surface area contributed by atoms with Gasteiger partial charge in [0.1, 0.15) is 5.82 Å². The second kappa shape index (κ2) is 15.0. The summed E-state index contributed by atoms with van der Waals surface area (Å²) in [5.41, 5.74) is 2.94. The number of hydrogen-bond acceptors (Lipinski definition) is 5. The molecule has 3 N–H and O–H groups in total. The van der Waals surface area contributed by atoms with Crippen molar-refractivity contribution in [3.8, 4) is 17.2 Å². The van der Waals surface area contributed by atoms with Gasteiger partial charge >= 0.3 is 0 Å². The van der Waals surface area contributed by atoms with Crippen molar-refractivity contribution >= 4 is 10.8 Å². The Morgan fingerprint density at radius 1 is 0.905 bits per heavy atom. The lowest BCUT2D eigenvalue weighted by atomic mass is 10.0. The number of benzene rings is 3. The van der Waals surface area contributed by atoms with E-state index < -0.39 is 0 Å². The number of aromatic nitrogens is 2. The fourth-order valence-electron chi connectivity index (χ4n) is 5.78. The van der Waals surface area contributed by atoms with Gasteiger partial charge in [-0.2, -0.15) is 5.10 Å². The van der Waals surface area contributed by atoms with Gasteiger partial charge in [0, 0.05) is 31.1 Å². The maximum absolute atomic E-state index is 13.5. The minimum Gasteiger partial charge on any atom is -1.00 e. The molecule has 3 aromatic carbocycles. The third-order valence-corrected chi connectivity index (χ3v) is 7.92. The molecule has 0 bridgehead atoms. The number of nitrogens with one attached hydrogen (secondary N) is 1. The first-order valence-corrected chi connectivity index (χ1v) is 13.9.